The summed E-state index contributed by atoms with van der Waals surface area (Å²) in [6, 6.07) is 12.1. The van der Waals surface area contributed by atoms with Gasteiger partial charge < -0.3 is 9.64 Å². The molecule has 0 aliphatic carbocycles. The van der Waals surface area contributed by atoms with Crippen LogP contribution in [0.1, 0.15) is 12.0 Å². The van der Waals surface area contributed by atoms with E-state index in [9.17, 15) is 13.2 Å². The quantitative estimate of drug-likeness (QED) is 0.486. The van der Waals surface area contributed by atoms with E-state index in [2.05, 4.69) is 4.98 Å². The minimum Gasteiger partial charge on any atom is -0.494 e. The molecule has 0 aliphatic rings. The highest BCUT2D eigenvalue weighted by atomic mass is 32.2. The smallest absolute Gasteiger partial charge is 0.244 e. The Bertz CT molecular complexity index is 1160. The fourth-order valence-electron chi connectivity index (χ4n) is 3.13. The third-order valence-corrected chi connectivity index (χ3v) is 7.46. The summed E-state index contributed by atoms with van der Waals surface area (Å²) in [7, 11) is 1.72. The zero-order chi connectivity index (χ0) is 22.6. The Labute approximate surface area is 187 Å². The van der Waals surface area contributed by atoms with Crippen LogP contribution in [0.5, 0.6) is 5.75 Å². The molecule has 0 saturated heterocycles. The van der Waals surface area contributed by atoms with Gasteiger partial charge in [0.15, 0.2) is 15.0 Å². The van der Waals surface area contributed by atoms with Crippen molar-refractivity contribution in [3.63, 3.8) is 0 Å². The number of benzene rings is 2. The number of amides is 1. The number of nitrogens with zero attached hydrogens (tertiary/aromatic N) is 3. The summed E-state index contributed by atoms with van der Waals surface area (Å²) in [5.41, 5.74) is 1.62. The Kier molecular flexibility index (Phi) is 7.30. The first kappa shape index (κ1) is 23.2. The van der Waals surface area contributed by atoms with E-state index < -0.39 is 21.5 Å². The number of aromatic nitrogens is 1. The zero-order valence-corrected chi connectivity index (χ0v) is 19.8. The van der Waals surface area contributed by atoms with E-state index in [0.717, 1.165) is 16.8 Å². The van der Waals surface area contributed by atoms with Crippen molar-refractivity contribution in [2.24, 2.45) is 0 Å². The molecule has 3 rings (SSSR count). The molecule has 31 heavy (non-hydrogen) atoms. The Morgan fingerprint density at radius 3 is 2.45 bits per heavy atom. The van der Waals surface area contributed by atoms with Crippen LogP contribution in [0, 0.1) is 6.92 Å². The highest BCUT2D eigenvalue weighted by Gasteiger charge is 2.26. The molecule has 1 amide bonds. The van der Waals surface area contributed by atoms with Crippen molar-refractivity contribution in [2.75, 3.05) is 44.9 Å². The van der Waals surface area contributed by atoms with Crippen LogP contribution in [0.15, 0.2) is 47.4 Å². The minimum absolute atomic E-state index is 0.144. The van der Waals surface area contributed by atoms with Gasteiger partial charge in [0.2, 0.25) is 5.91 Å². The van der Waals surface area contributed by atoms with Gasteiger partial charge in [-0.05, 0) is 58.3 Å². The molecule has 0 bridgehead atoms. The fourth-order valence-corrected chi connectivity index (χ4v) is 5.36. The number of sulfone groups is 1. The van der Waals surface area contributed by atoms with Crippen LogP contribution >= 0.6 is 11.3 Å². The normalized spacial score (nSPS) is 11.8. The van der Waals surface area contributed by atoms with E-state index in [1.54, 1.807) is 19.2 Å². The van der Waals surface area contributed by atoms with E-state index in [4.69, 9.17) is 4.74 Å². The summed E-state index contributed by atoms with van der Waals surface area (Å²) >= 11 is 1.35. The van der Waals surface area contributed by atoms with Gasteiger partial charge in [-0.25, -0.2) is 13.4 Å². The molecule has 0 unspecified atom stereocenters. The molecule has 0 aliphatic heterocycles. The van der Waals surface area contributed by atoms with Crippen LogP contribution in [0.25, 0.3) is 10.2 Å². The van der Waals surface area contributed by atoms with Crippen LogP contribution in [0.4, 0.5) is 5.13 Å². The van der Waals surface area contributed by atoms with Crippen LogP contribution < -0.4 is 9.64 Å². The molecule has 0 fully saturated rings. The molecule has 0 atom stereocenters. The van der Waals surface area contributed by atoms with E-state index >= 15 is 0 Å². The van der Waals surface area contributed by atoms with Crippen molar-refractivity contribution in [1.29, 1.82) is 0 Å². The largest absolute Gasteiger partial charge is 0.494 e. The molecule has 2 aromatic carbocycles. The topological polar surface area (TPSA) is 79.8 Å². The average Bonchev–Trinajstić information content (AvgIpc) is 3.14. The van der Waals surface area contributed by atoms with Crippen molar-refractivity contribution in [2.45, 2.75) is 18.2 Å². The third-order valence-electron chi connectivity index (χ3n) is 4.80. The monoisotopic (exact) mass is 461 g/mol. The maximum Gasteiger partial charge on any atom is 0.244 e. The number of hydrogen-bond acceptors (Lipinski definition) is 7. The lowest BCUT2D eigenvalue weighted by Gasteiger charge is -2.21. The van der Waals surface area contributed by atoms with Crippen molar-refractivity contribution < 1.29 is 17.9 Å². The highest BCUT2D eigenvalue weighted by molar-refractivity contribution is 7.92. The van der Waals surface area contributed by atoms with E-state index in [0.29, 0.717) is 29.4 Å². The lowest BCUT2D eigenvalue weighted by atomic mass is 10.2. The van der Waals surface area contributed by atoms with Gasteiger partial charge in [-0.1, -0.05) is 35.1 Å². The number of hydrogen-bond donors (Lipinski definition) is 0. The maximum atomic E-state index is 13.2. The second-order valence-electron chi connectivity index (χ2n) is 7.58. The number of thiazole rings is 1. The van der Waals surface area contributed by atoms with Gasteiger partial charge in [-0.2, -0.15) is 0 Å². The first-order valence-corrected chi connectivity index (χ1v) is 12.4. The maximum absolute atomic E-state index is 13.2. The number of methoxy groups -OCH3 is 1. The standard InChI is InChI=1S/C22H27N3O4S2/c1-16-9-11-17(12-10-16)31(27,28)15-20(26)25(14-6-13-24(2)3)22-23-21-18(29-4)7-5-8-19(21)30-22/h5,7-12H,6,13-15H2,1-4H3. The third kappa shape index (κ3) is 5.61. The molecule has 0 radical (unpaired) electrons. The molecule has 1 aromatic heterocycles. The van der Waals surface area contributed by atoms with Gasteiger partial charge in [0, 0.05) is 6.54 Å². The Balaban J connectivity index is 1.91. The summed E-state index contributed by atoms with van der Waals surface area (Å²) in [4.78, 5) is 21.4. The van der Waals surface area contributed by atoms with Crippen LogP contribution in [-0.4, -0.2) is 64.3 Å². The van der Waals surface area contributed by atoms with Gasteiger partial charge in [0.05, 0.1) is 16.7 Å². The fraction of sp³-hybridized carbons (Fsp3) is 0.364. The van der Waals surface area contributed by atoms with Crippen LogP contribution in [0.2, 0.25) is 0 Å². The molecule has 0 spiro atoms. The molecule has 3 aromatic rings. The second-order valence-corrected chi connectivity index (χ2v) is 10.6. The van der Waals surface area contributed by atoms with Crippen molar-refractivity contribution >= 4 is 42.4 Å². The molecular formula is C22H27N3O4S2. The van der Waals surface area contributed by atoms with Crippen molar-refractivity contribution in [3.8, 4) is 5.75 Å². The number of anilines is 1. The molecule has 7 nitrogen and oxygen atoms in total. The number of aryl methyl sites for hydroxylation is 1. The molecule has 9 heteroatoms. The number of para-hydroxylation sites is 1. The first-order valence-electron chi connectivity index (χ1n) is 9.89. The van der Waals surface area contributed by atoms with Crippen molar-refractivity contribution in [3.05, 3.63) is 48.0 Å². The molecule has 1 heterocycles. The zero-order valence-electron chi connectivity index (χ0n) is 18.2. The Hall–Kier alpha value is -2.49. The Morgan fingerprint density at radius 2 is 1.81 bits per heavy atom. The highest BCUT2D eigenvalue weighted by Crippen LogP contribution is 2.34. The van der Waals surface area contributed by atoms with Gasteiger partial charge in [0.1, 0.15) is 17.0 Å². The van der Waals surface area contributed by atoms with Crippen molar-refractivity contribution in [1.82, 2.24) is 9.88 Å². The minimum atomic E-state index is -3.76. The number of fused-ring (bicyclic) bond motifs is 1. The van der Waals surface area contributed by atoms with Gasteiger partial charge in [0.25, 0.3) is 0 Å². The lowest BCUT2D eigenvalue weighted by molar-refractivity contribution is -0.116. The average molecular weight is 462 g/mol. The van der Waals surface area contributed by atoms with E-state index in [1.807, 2.05) is 44.1 Å². The van der Waals surface area contributed by atoms with Gasteiger partial charge >= 0.3 is 0 Å². The second kappa shape index (κ2) is 9.76. The number of carbonyl (C=O) groups is 1. The van der Waals surface area contributed by atoms with Crippen LogP contribution in [-0.2, 0) is 14.6 Å². The predicted molar refractivity (Wildman–Crippen MR) is 125 cm³/mol. The predicted octanol–water partition coefficient (Wildman–Crippen LogP) is 3.37. The summed E-state index contributed by atoms with van der Waals surface area (Å²) in [5.74, 6) is -0.476. The van der Waals surface area contributed by atoms with Gasteiger partial charge in [-0.15, -0.1) is 0 Å². The van der Waals surface area contributed by atoms with E-state index in [1.165, 1.54) is 28.4 Å². The number of rotatable bonds is 9. The number of carbonyl (C=O) groups excluding carboxylic acids is 1. The number of ether oxygens (including phenoxy) is 1. The Morgan fingerprint density at radius 1 is 1.10 bits per heavy atom. The molecule has 0 N–H and O–H groups in total. The summed E-state index contributed by atoms with van der Waals surface area (Å²) in [6.07, 6.45) is 0.691. The summed E-state index contributed by atoms with van der Waals surface area (Å²) in [5, 5.41) is 0.474. The molecule has 166 valence electrons. The van der Waals surface area contributed by atoms with Crippen LogP contribution in [0.3, 0.4) is 0 Å². The first-order chi connectivity index (χ1) is 14.7. The van der Waals surface area contributed by atoms with Gasteiger partial charge in [-0.3, -0.25) is 9.69 Å². The molecule has 0 saturated carbocycles. The molecular weight excluding hydrogens is 434 g/mol. The summed E-state index contributed by atoms with van der Waals surface area (Å²) in [6.45, 7) is 3.03. The SMILES string of the molecule is COc1cccc2sc(N(CCCN(C)C)C(=O)CS(=O)(=O)c3ccc(C)cc3)nc12. The van der Waals surface area contributed by atoms with E-state index in [-0.39, 0.29) is 4.90 Å². The lowest BCUT2D eigenvalue weighted by Crippen LogP contribution is -2.37. The summed E-state index contributed by atoms with van der Waals surface area (Å²) < 4.78 is 32.0.